The number of amides is 1. The molecule has 1 amide bonds. The summed E-state index contributed by atoms with van der Waals surface area (Å²) in [5.74, 6) is 2.89. The van der Waals surface area contributed by atoms with E-state index < -0.39 is 0 Å². The van der Waals surface area contributed by atoms with Gasteiger partial charge in [-0.25, -0.2) is 4.39 Å². The van der Waals surface area contributed by atoms with Crippen LogP contribution in [0.3, 0.4) is 0 Å². The van der Waals surface area contributed by atoms with Crippen molar-refractivity contribution in [2.75, 3.05) is 20.3 Å². The molecule has 0 aromatic heterocycles. The van der Waals surface area contributed by atoms with Crippen LogP contribution in [0.1, 0.15) is 50.5 Å². The predicted octanol–water partition coefficient (Wildman–Crippen LogP) is 3.87. The van der Waals surface area contributed by atoms with Gasteiger partial charge in [0.05, 0.1) is 12.4 Å². The number of ether oxygens (including phenoxy) is 2. The normalized spacial score (nSPS) is 37.8. The van der Waals surface area contributed by atoms with Gasteiger partial charge in [-0.05, 0) is 85.8 Å². The van der Waals surface area contributed by atoms with Crippen LogP contribution < -0.4 is 15.8 Å². The van der Waals surface area contributed by atoms with E-state index in [0.29, 0.717) is 29.8 Å². The SMILES string of the molecule is COC1CC(NC(=O)[C@H]2C3CC4CC2C[C@](c2ccc(OC/C(=C/F)CN)cc2)(C4)C3)C1. The minimum Gasteiger partial charge on any atom is -0.489 e. The maximum atomic E-state index is 13.2. The molecule has 5 nitrogen and oxygen atoms in total. The highest BCUT2D eigenvalue weighted by atomic mass is 19.1. The first-order valence-electron chi connectivity index (χ1n) is 12.1. The van der Waals surface area contributed by atoms with Crippen molar-refractivity contribution >= 4 is 5.91 Å². The van der Waals surface area contributed by atoms with Gasteiger partial charge in [0.2, 0.25) is 5.91 Å². The van der Waals surface area contributed by atoms with Gasteiger partial charge in [0.15, 0.2) is 0 Å². The Kier molecular flexibility index (Phi) is 6.01. The molecule has 2 unspecified atom stereocenters. The van der Waals surface area contributed by atoms with E-state index in [1.165, 1.54) is 24.8 Å². The summed E-state index contributed by atoms with van der Waals surface area (Å²) in [7, 11) is 1.75. The van der Waals surface area contributed by atoms with Crippen LogP contribution in [0, 0.1) is 23.7 Å². The molecule has 0 aliphatic heterocycles. The lowest BCUT2D eigenvalue weighted by Gasteiger charge is -2.60. The molecular formula is C26H35FN2O3. The minimum absolute atomic E-state index is 0.157. The molecule has 6 rings (SSSR count). The van der Waals surface area contributed by atoms with E-state index in [0.717, 1.165) is 37.4 Å². The molecule has 0 radical (unpaired) electrons. The summed E-state index contributed by atoms with van der Waals surface area (Å²) in [6.07, 6.45) is 8.55. The lowest BCUT2D eigenvalue weighted by molar-refractivity contribution is -0.142. The van der Waals surface area contributed by atoms with Crippen molar-refractivity contribution in [2.24, 2.45) is 29.4 Å². The molecule has 3 N–H and O–H groups in total. The summed E-state index contributed by atoms with van der Waals surface area (Å²) in [5.41, 5.74) is 7.50. The summed E-state index contributed by atoms with van der Waals surface area (Å²) >= 11 is 0. The molecule has 4 bridgehead atoms. The van der Waals surface area contributed by atoms with E-state index in [-0.39, 0.29) is 36.4 Å². The van der Waals surface area contributed by atoms with Crippen LogP contribution in [0.2, 0.25) is 0 Å². The average Bonchev–Trinajstić information content (AvgIpc) is 2.76. The highest BCUT2D eigenvalue weighted by molar-refractivity contribution is 5.80. The maximum Gasteiger partial charge on any atom is 0.223 e. The third kappa shape index (κ3) is 3.96. The largest absolute Gasteiger partial charge is 0.489 e. The second kappa shape index (κ2) is 8.79. The Morgan fingerprint density at radius 3 is 2.44 bits per heavy atom. The fourth-order valence-electron chi connectivity index (χ4n) is 7.20. The summed E-state index contributed by atoms with van der Waals surface area (Å²) in [6.45, 7) is 0.330. The number of carbonyl (C=O) groups excluding carboxylic acids is 1. The van der Waals surface area contributed by atoms with Gasteiger partial charge in [-0.1, -0.05) is 12.1 Å². The number of nitrogens with one attached hydrogen (secondary N) is 1. The van der Waals surface area contributed by atoms with E-state index >= 15 is 0 Å². The molecule has 174 valence electrons. The van der Waals surface area contributed by atoms with Crippen molar-refractivity contribution in [1.29, 1.82) is 0 Å². The zero-order valence-electron chi connectivity index (χ0n) is 18.9. The van der Waals surface area contributed by atoms with Gasteiger partial charge in [0.1, 0.15) is 12.4 Å². The standard InChI is InChI=1S/C26H35FN2O3/c1-31-23-8-21(9-23)29-25(30)24-18-6-16-7-19(24)12-26(10-16,11-18)20-2-4-22(5-3-20)32-15-17(13-27)14-28/h2-5,13,16,18-19,21,23-24H,6-12,14-15,28H2,1H3,(H,29,30)/b17-13+/t16?,18?,19?,21?,23?,24-,26-. The quantitative estimate of drug-likeness (QED) is 0.641. The van der Waals surface area contributed by atoms with E-state index in [4.69, 9.17) is 15.2 Å². The van der Waals surface area contributed by atoms with Crippen molar-refractivity contribution in [3.05, 3.63) is 41.7 Å². The fraction of sp³-hybridized carbons (Fsp3) is 0.654. The predicted molar refractivity (Wildman–Crippen MR) is 121 cm³/mol. The van der Waals surface area contributed by atoms with Crippen molar-refractivity contribution in [2.45, 2.75) is 62.5 Å². The highest BCUT2D eigenvalue weighted by Gasteiger charge is 2.57. The summed E-state index contributed by atoms with van der Waals surface area (Å²) in [5, 5.41) is 3.33. The van der Waals surface area contributed by atoms with Crippen LogP contribution in [0.15, 0.2) is 36.2 Å². The third-order valence-corrected chi connectivity index (χ3v) is 8.66. The number of methoxy groups -OCH3 is 1. The first-order valence-corrected chi connectivity index (χ1v) is 12.1. The lowest BCUT2D eigenvalue weighted by Crippen LogP contribution is -2.58. The number of hydrogen-bond acceptors (Lipinski definition) is 4. The Morgan fingerprint density at radius 2 is 1.84 bits per heavy atom. The minimum atomic E-state index is 0.157. The Hall–Kier alpha value is -1.92. The van der Waals surface area contributed by atoms with Gasteiger partial charge >= 0.3 is 0 Å². The van der Waals surface area contributed by atoms with Crippen LogP contribution >= 0.6 is 0 Å². The Labute approximate surface area is 189 Å². The number of hydrogen-bond donors (Lipinski definition) is 2. The number of nitrogens with two attached hydrogens (primary N) is 1. The highest BCUT2D eigenvalue weighted by Crippen LogP contribution is 2.63. The smallest absolute Gasteiger partial charge is 0.223 e. The molecule has 0 saturated heterocycles. The molecule has 32 heavy (non-hydrogen) atoms. The van der Waals surface area contributed by atoms with E-state index in [9.17, 15) is 9.18 Å². The molecule has 5 fully saturated rings. The van der Waals surface area contributed by atoms with Crippen LogP contribution in [0.4, 0.5) is 4.39 Å². The molecule has 5 aliphatic carbocycles. The van der Waals surface area contributed by atoms with Gasteiger partial charge < -0.3 is 20.5 Å². The third-order valence-electron chi connectivity index (χ3n) is 8.66. The van der Waals surface area contributed by atoms with Crippen LogP contribution in [-0.4, -0.2) is 38.3 Å². The molecule has 5 saturated carbocycles. The fourth-order valence-corrected chi connectivity index (χ4v) is 7.20. The number of carbonyl (C=O) groups is 1. The van der Waals surface area contributed by atoms with Crippen molar-refractivity contribution in [3.63, 3.8) is 0 Å². The molecule has 1 aromatic carbocycles. The van der Waals surface area contributed by atoms with E-state index in [1.54, 1.807) is 7.11 Å². The summed E-state index contributed by atoms with van der Waals surface area (Å²) in [4.78, 5) is 13.2. The monoisotopic (exact) mass is 442 g/mol. The van der Waals surface area contributed by atoms with Gasteiger partial charge in [0.25, 0.3) is 0 Å². The second-order valence-electron chi connectivity index (χ2n) is 10.6. The van der Waals surface area contributed by atoms with Crippen LogP contribution in [0.5, 0.6) is 5.75 Å². The second-order valence-corrected chi connectivity index (χ2v) is 10.6. The molecule has 2 atom stereocenters. The van der Waals surface area contributed by atoms with Gasteiger partial charge in [0, 0.05) is 31.2 Å². The molecule has 0 heterocycles. The van der Waals surface area contributed by atoms with Crippen molar-refractivity contribution in [1.82, 2.24) is 5.32 Å². The lowest BCUT2D eigenvalue weighted by atomic mass is 9.44. The molecular weight excluding hydrogens is 407 g/mol. The molecule has 5 aliphatic rings. The first kappa shape index (κ1) is 21.9. The van der Waals surface area contributed by atoms with Crippen molar-refractivity contribution < 1.29 is 18.7 Å². The number of halogens is 1. The average molecular weight is 443 g/mol. The van der Waals surface area contributed by atoms with E-state index in [2.05, 4.69) is 17.4 Å². The van der Waals surface area contributed by atoms with Gasteiger partial charge in [-0.2, -0.15) is 0 Å². The van der Waals surface area contributed by atoms with Crippen LogP contribution in [-0.2, 0) is 14.9 Å². The topological polar surface area (TPSA) is 73.6 Å². The Bertz CT molecular complexity index is 848. The summed E-state index contributed by atoms with van der Waals surface area (Å²) < 4.78 is 23.8. The molecule has 1 aromatic rings. The summed E-state index contributed by atoms with van der Waals surface area (Å²) in [6, 6.07) is 8.63. The zero-order valence-corrected chi connectivity index (χ0v) is 18.9. The van der Waals surface area contributed by atoms with Gasteiger partial charge in [-0.15, -0.1) is 0 Å². The molecule has 0 spiro atoms. The Morgan fingerprint density at radius 1 is 1.16 bits per heavy atom. The van der Waals surface area contributed by atoms with Crippen molar-refractivity contribution in [3.8, 4) is 5.75 Å². The van der Waals surface area contributed by atoms with Crippen LogP contribution in [0.25, 0.3) is 0 Å². The Balaban J connectivity index is 1.25. The van der Waals surface area contributed by atoms with Gasteiger partial charge in [-0.3, -0.25) is 4.79 Å². The first-order chi connectivity index (χ1) is 15.5. The number of benzene rings is 1. The maximum absolute atomic E-state index is 13.2. The van der Waals surface area contributed by atoms with E-state index in [1.807, 2.05) is 12.1 Å². The molecule has 6 heteroatoms. The number of rotatable bonds is 8. The zero-order chi connectivity index (χ0) is 22.3.